The molecule has 2 aromatic rings. The smallest absolute Gasteiger partial charge is 0.230 e. The second-order valence-electron chi connectivity index (χ2n) is 7.44. The van der Waals surface area contributed by atoms with Gasteiger partial charge in [-0.3, -0.25) is 4.79 Å². The van der Waals surface area contributed by atoms with E-state index < -0.39 is 0 Å². The Balaban J connectivity index is 1.67. The molecule has 3 rings (SSSR count). The molecule has 1 aromatic carbocycles. The van der Waals surface area contributed by atoms with Crippen LogP contribution in [0.1, 0.15) is 30.7 Å². The van der Waals surface area contributed by atoms with Crippen molar-refractivity contribution in [3.63, 3.8) is 0 Å². The average Bonchev–Trinajstić information content (AvgIpc) is 2.78. The van der Waals surface area contributed by atoms with E-state index in [4.69, 9.17) is 9.47 Å². The zero-order valence-electron chi connectivity index (χ0n) is 18.1. The maximum absolute atomic E-state index is 12.5. The molecule has 9 heteroatoms. The predicted molar refractivity (Wildman–Crippen MR) is 115 cm³/mol. The van der Waals surface area contributed by atoms with Gasteiger partial charge in [-0.25, -0.2) is 0 Å². The molecule has 1 N–H and O–H groups in total. The maximum Gasteiger partial charge on any atom is 0.230 e. The first kappa shape index (κ1) is 21.6. The number of ether oxygens (including phenoxy) is 2. The fraction of sp³-hybridized carbons (Fsp3) is 0.524. The molecule has 2 heterocycles. The highest BCUT2D eigenvalue weighted by atomic mass is 16.5. The van der Waals surface area contributed by atoms with Crippen LogP contribution >= 0.6 is 0 Å². The van der Waals surface area contributed by atoms with Crippen LogP contribution < -0.4 is 24.6 Å². The summed E-state index contributed by atoms with van der Waals surface area (Å²) in [4.78, 5) is 30.2. The fourth-order valence-electron chi connectivity index (χ4n) is 3.33. The number of benzene rings is 1. The maximum atomic E-state index is 12.5. The van der Waals surface area contributed by atoms with Crippen molar-refractivity contribution in [1.29, 1.82) is 0 Å². The Bertz CT molecular complexity index is 868. The molecular weight excluding hydrogens is 384 g/mol. The normalized spacial score (nSPS) is 13.7. The Morgan fingerprint density at radius 1 is 1.07 bits per heavy atom. The predicted octanol–water partition coefficient (Wildman–Crippen LogP) is 1.80. The van der Waals surface area contributed by atoms with Gasteiger partial charge in [-0.1, -0.05) is 6.07 Å². The van der Waals surface area contributed by atoms with Crippen molar-refractivity contribution < 1.29 is 14.3 Å². The number of nitrogens with zero attached hydrogens (tertiary/aromatic N) is 5. The monoisotopic (exact) mass is 414 g/mol. The molecule has 0 atom stereocenters. The summed E-state index contributed by atoms with van der Waals surface area (Å²) in [5.41, 5.74) is 0.837. The van der Waals surface area contributed by atoms with E-state index in [2.05, 4.69) is 25.2 Å². The van der Waals surface area contributed by atoms with Crippen molar-refractivity contribution in [2.45, 2.75) is 32.2 Å². The van der Waals surface area contributed by atoms with Gasteiger partial charge in [0.2, 0.25) is 17.8 Å². The first-order valence-electron chi connectivity index (χ1n) is 10.1. The summed E-state index contributed by atoms with van der Waals surface area (Å²) in [6.45, 7) is 2.14. The zero-order valence-corrected chi connectivity index (χ0v) is 18.1. The van der Waals surface area contributed by atoms with Crippen LogP contribution in [0.15, 0.2) is 18.2 Å². The van der Waals surface area contributed by atoms with Crippen molar-refractivity contribution >= 4 is 17.8 Å². The molecule has 1 aliphatic heterocycles. The Kier molecular flexibility index (Phi) is 7.26. The molecule has 1 aliphatic rings. The van der Waals surface area contributed by atoms with Crippen LogP contribution in [0.25, 0.3) is 0 Å². The Labute approximate surface area is 177 Å². The Morgan fingerprint density at radius 2 is 1.80 bits per heavy atom. The molecule has 1 fully saturated rings. The molecule has 30 heavy (non-hydrogen) atoms. The summed E-state index contributed by atoms with van der Waals surface area (Å²) < 4.78 is 10.5. The molecule has 0 bridgehead atoms. The van der Waals surface area contributed by atoms with Gasteiger partial charge in [0.05, 0.1) is 27.2 Å². The van der Waals surface area contributed by atoms with Crippen LogP contribution in [0.2, 0.25) is 0 Å². The number of anilines is 2. The Morgan fingerprint density at radius 3 is 2.47 bits per heavy atom. The number of rotatable bonds is 8. The summed E-state index contributed by atoms with van der Waals surface area (Å²) in [5, 5.41) is 2.91. The van der Waals surface area contributed by atoms with E-state index in [9.17, 15) is 4.79 Å². The van der Waals surface area contributed by atoms with Gasteiger partial charge in [0.15, 0.2) is 17.3 Å². The highest BCUT2D eigenvalue weighted by molar-refractivity contribution is 5.78. The molecule has 162 valence electrons. The SMILES string of the molecule is COc1ccc(CC(=O)NCc2nc(N(C)C)nc(N3CCCCC3)n2)cc1OC. The minimum atomic E-state index is -0.117. The molecule has 0 spiro atoms. The molecule has 1 aromatic heterocycles. The van der Waals surface area contributed by atoms with Crippen molar-refractivity contribution in [1.82, 2.24) is 20.3 Å². The van der Waals surface area contributed by atoms with Crippen LogP contribution in [0, 0.1) is 0 Å². The summed E-state index contributed by atoms with van der Waals surface area (Å²) in [7, 11) is 6.95. The van der Waals surface area contributed by atoms with E-state index in [1.54, 1.807) is 26.4 Å². The van der Waals surface area contributed by atoms with Crippen LogP contribution in [-0.2, 0) is 17.8 Å². The van der Waals surface area contributed by atoms with Crippen molar-refractivity contribution in [3.8, 4) is 11.5 Å². The third-order valence-electron chi connectivity index (χ3n) is 4.95. The van der Waals surface area contributed by atoms with E-state index in [1.165, 1.54) is 6.42 Å². The van der Waals surface area contributed by atoms with Crippen LogP contribution in [-0.4, -0.2) is 62.3 Å². The minimum absolute atomic E-state index is 0.117. The largest absolute Gasteiger partial charge is 0.493 e. The second kappa shape index (κ2) is 10.1. The quantitative estimate of drug-likeness (QED) is 0.699. The highest BCUT2D eigenvalue weighted by Crippen LogP contribution is 2.27. The lowest BCUT2D eigenvalue weighted by atomic mass is 10.1. The fourth-order valence-corrected chi connectivity index (χ4v) is 3.33. The van der Waals surface area contributed by atoms with Gasteiger partial charge in [0, 0.05) is 27.2 Å². The van der Waals surface area contributed by atoms with E-state index in [0.717, 1.165) is 31.5 Å². The number of hydrogen-bond acceptors (Lipinski definition) is 8. The first-order valence-corrected chi connectivity index (χ1v) is 10.1. The third-order valence-corrected chi connectivity index (χ3v) is 4.95. The number of methoxy groups -OCH3 is 2. The summed E-state index contributed by atoms with van der Waals surface area (Å²) in [6.07, 6.45) is 3.74. The lowest BCUT2D eigenvalue weighted by Crippen LogP contribution is -2.33. The van der Waals surface area contributed by atoms with Gasteiger partial charge in [-0.05, 0) is 37.0 Å². The van der Waals surface area contributed by atoms with Gasteiger partial charge in [-0.15, -0.1) is 0 Å². The van der Waals surface area contributed by atoms with E-state index in [0.29, 0.717) is 29.2 Å². The third kappa shape index (κ3) is 5.49. The standard InChI is InChI=1S/C21H30N6O3/c1-26(2)20-23-18(24-21(25-20)27-10-6-5-7-11-27)14-22-19(28)13-15-8-9-16(29-3)17(12-15)30-4/h8-9,12H,5-7,10-11,13-14H2,1-4H3,(H,22,28). The second-order valence-corrected chi connectivity index (χ2v) is 7.44. The average molecular weight is 415 g/mol. The molecule has 1 saturated heterocycles. The molecular formula is C21H30N6O3. The van der Waals surface area contributed by atoms with Gasteiger partial charge in [-0.2, -0.15) is 15.0 Å². The summed E-state index contributed by atoms with van der Waals surface area (Å²) >= 11 is 0. The number of amides is 1. The number of carbonyl (C=O) groups excluding carboxylic acids is 1. The molecule has 0 aliphatic carbocycles. The molecule has 0 radical (unpaired) electrons. The number of carbonyl (C=O) groups is 1. The highest BCUT2D eigenvalue weighted by Gasteiger charge is 2.17. The summed E-state index contributed by atoms with van der Waals surface area (Å²) in [6, 6.07) is 5.45. The molecule has 1 amide bonds. The number of piperidine rings is 1. The number of aromatic nitrogens is 3. The lowest BCUT2D eigenvalue weighted by molar-refractivity contribution is -0.120. The van der Waals surface area contributed by atoms with E-state index >= 15 is 0 Å². The van der Waals surface area contributed by atoms with Gasteiger partial charge < -0.3 is 24.6 Å². The van der Waals surface area contributed by atoms with Crippen molar-refractivity contribution in [2.24, 2.45) is 0 Å². The van der Waals surface area contributed by atoms with Crippen molar-refractivity contribution in [3.05, 3.63) is 29.6 Å². The van der Waals surface area contributed by atoms with Crippen LogP contribution in [0.4, 0.5) is 11.9 Å². The van der Waals surface area contributed by atoms with Gasteiger partial charge in [0.25, 0.3) is 0 Å². The van der Waals surface area contributed by atoms with Crippen LogP contribution in [0.3, 0.4) is 0 Å². The van der Waals surface area contributed by atoms with Gasteiger partial charge >= 0.3 is 0 Å². The number of nitrogens with one attached hydrogen (secondary N) is 1. The Hall–Kier alpha value is -3.10. The topological polar surface area (TPSA) is 92.7 Å². The number of hydrogen-bond donors (Lipinski definition) is 1. The first-order chi connectivity index (χ1) is 14.5. The minimum Gasteiger partial charge on any atom is -0.493 e. The lowest BCUT2D eigenvalue weighted by Gasteiger charge is -2.27. The molecule has 0 saturated carbocycles. The van der Waals surface area contributed by atoms with Crippen LogP contribution in [0.5, 0.6) is 11.5 Å². The van der Waals surface area contributed by atoms with Gasteiger partial charge in [0.1, 0.15) is 0 Å². The summed E-state index contributed by atoms with van der Waals surface area (Å²) in [5.74, 6) is 2.94. The van der Waals surface area contributed by atoms with E-state index in [-0.39, 0.29) is 18.9 Å². The molecule has 9 nitrogen and oxygen atoms in total. The van der Waals surface area contributed by atoms with Crippen molar-refractivity contribution in [2.75, 3.05) is 51.2 Å². The van der Waals surface area contributed by atoms with E-state index in [1.807, 2.05) is 25.1 Å². The molecule has 0 unspecified atom stereocenters. The zero-order chi connectivity index (χ0) is 21.5.